The lowest BCUT2D eigenvalue weighted by atomic mass is 9.96. The van der Waals surface area contributed by atoms with Gasteiger partial charge in [0.25, 0.3) is 0 Å². The summed E-state index contributed by atoms with van der Waals surface area (Å²) in [6.45, 7) is 4.30. The van der Waals surface area contributed by atoms with Crippen molar-refractivity contribution in [3.8, 4) is 0 Å². The summed E-state index contributed by atoms with van der Waals surface area (Å²) in [5.74, 6) is -0.129. The van der Waals surface area contributed by atoms with Crippen LogP contribution in [-0.2, 0) is 4.79 Å². The van der Waals surface area contributed by atoms with Gasteiger partial charge >= 0.3 is 5.97 Å². The summed E-state index contributed by atoms with van der Waals surface area (Å²) in [6, 6.07) is 0.0732. The molecule has 0 rings (SSSR count). The molecule has 0 aromatic rings. The van der Waals surface area contributed by atoms with Crippen molar-refractivity contribution in [1.82, 2.24) is 0 Å². The van der Waals surface area contributed by atoms with Crippen molar-refractivity contribution in [2.45, 2.75) is 45.6 Å². The Balaban J connectivity index is 3.53. The molecule has 0 aliphatic rings. The molecule has 4 N–H and O–H groups in total. The fraction of sp³-hybridized carbons (Fsp3) is 0.889. The molecule has 0 amide bonds. The van der Waals surface area contributed by atoms with Crippen LogP contribution in [-0.4, -0.2) is 17.1 Å². The van der Waals surface area contributed by atoms with Crippen molar-refractivity contribution in [2.24, 2.45) is 5.92 Å². The highest BCUT2D eigenvalue weighted by molar-refractivity contribution is 5.67. The third kappa shape index (κ3) is 6.16. The summed E-state index contributed by atoms with van der Waals surface area (Å²) >= 11 is 0. The quantitative estimate of drug-likeness (QED) is 0.628. The number of carbonyl (C=O) groups is 1. The first-order valence-electron chi connectivity index (χ1n) is 4.61. The normalized spacial score (nSPS) is 15.6. The van der Waals surface area contributed by atoms with Crippen molar-refractivity contribution < 1.29 is 15.6 Å². The molecule has 0 aliphatic carbocycles. The average molecular weight is 174 g/mol. The number of rotatable bonds is 6. The molecule has 0 saturated heterocycles. The lowest BCUT2D eigenvalue weighted by Gasteiger charge is -2.11. The second-order valence-corrected chi connectivity index (χ2v) is 3.59. The summed E-state index contributed by atoms with van der Waals surface area (Å²) in [4.78, 5) is 10.3. The van der Waals surface area contributed by atoms with Crippen molar-refractivity contribution in [1.29, 1.82) is 0 Å². The van der Waals surface area contributed by atoms with Gasteiger partial charge in [-0.1, -0.05) is 26.7 Å². The van der Waals surface area contributed by atoms with E-state index in [9.17, 15) is 4.79 Å². The molecule has 0 saturated carbocycles. The average Bonchev–Trinajstić information content (AvgIpc) is 1.84. The van der Waals surface area contributed by atoms with Crippen molar-refractivity contribution in [3.63, 3.8) is 0 Å². The Morgan fingerprint density at radius 2 is 2.17 bits per heavy atom. The van der Waals surface area contributed by atoms with Gasteiger partial charge in [-0.2, -0.15) is 0 Å². The molecular weight excluding hydrogens is 154 g/mol. The van der Waals surface area contributed by atoms with E-state index in [1.54, 1.807) is 0 Å². The van der Waals surface area contributed by atoms with E-state index in [1.807, 2.05) is 0 Å². The predicted molar refractivity (Wildman–Crippen MR) is 47.6 cm³/mol. The van der Waals surface area contributed by atoms with Crippen LogP contribution >= 0.6 is 0 Å². The van der Waals surface area contributed by atoms with Crippen LogP contribution in [0.5, 0.6) is 0 Å². The zero-order valence-electron chi connectivity index (χ0n) is 8.05. The molecular formula is C9H20NO2+. The third-order valence-electron chi connectivity index (χ3n) is 1.98. The first-order chi connectivity index (χ1) is 5.56. The molecule has 3 nitrogen and oxygen atoms in total. The lowest BCUT2D eigenvalue weighted by Crippen LogP contribution is -2.62. The Morgan fingerprint density at radius 1 is 1.58 bits per heavy atom. The third-order valence-corrected chi connectivity index (χ3v) is 1.98. The topological polar surface area (TPSA) is 64.9 Å². The Labute approximate surface area is 74.0 Å². The standard InChI is InChI=1S/C9H19NO2/c1-3-4-7(2)5-8(10)6-9(11)12/h7-8H,3-6,10H2,1-2H3,(H,11,12)/p+1/t7-,8+/m1/s1. The maximum absolute atomic E-state index is 10.3. The van der Waals surface area contributed by atoms with Crippen LogP contribution in [0.1, 0.15) is 39.5 Å². The molecule has 12 heavy (non-hydrogen) atoms. The molecule has 0 aromatic carbocycles. The first kappa shape index (κ1) is 11.4. The van der Waals surface area contributed by atoms with Crippen molar-refractivity contribution in [2.75, 3.05) is 0 Å². The Kier molecular flexibility index (Phi) is 5.72. The summed E-state index contributed by atoms with van der Waals surface area (Å²) in [5.41, 5.74) is 3.82. The summed E-state index contributed by atoms with van der Waals surface area (Å²) < 4.78 is 0. The first-order valence-corrected chi connectivity index (χ1v) is 4.61. The summed E-state index contributed by atoms with van der Waals surface area (Å²) in [6.07, 6.45) is 3.47. The number of aliphatic carboxylic acids is 1. The van der Waals surface area contributed by atoms with Gasteiger partial charge in [0, 0.05) is 6.42 Å². The lowest BCUT2D eigenvalue weighted by molar-refractivity contribution is -0.422. The fourth-order valence-corrected chi connectivity index (χ4v) is 1.51. The van der Waals surface area contributed by atoms with Gasteiger partial charge in [0.2, 0.25) is 0 Å². The zero-order valence-corrected chi connectivity index (χ0v) is 8.05. The van der Waals surface area contributed by atoms with Gasteiger partial charge in [0.15, 0.2) is 0 Å². The number of quaternary nitrogens is 1. The van der Waals surface area contributed by atoms with Crippen molar-refractivity contribution in [3.05, 3.63) is 0 Å². The van der Waals surface area contributed by atoms with Crippen LogP contribution in [0, 0.1) is 5.92 Å². The number of hydrogen-bond acceptors (Lipinski definition) is 1. The number of carboxylic acids is 1. The molecule has 2 atom stereocenters. The van der Waals surface area contributed by atoms with Gasteiger partial charge in [-0.3, -0.25) is 4.79 Å². The van der Waals surface area contributed by atoms with Crippen LogP contribution in [0.25, 0.3) is 0 Å². The van der Waals surface area contributed by atoms with E-state index >= 15 is 0 Å². The van der Waals surface area contributed by atoms with Gasteiger partial charge in [0.05, 0.1) is 12.5 Å². The predicted octanol–water partition coefficient (Wildman–Crippen LogP) is 0.898. The highest BCUT2D eigenvalue weighted by atomic mass is 16.4. The Bertz CT molecular complexity index is 136. The van der Waals surface area contributed by atoms with Crippen LogP contribution in [0.15, 0.2) is 0 Å². The second-order valence-electron chi connectivity index (χ2n) is 3.59. The Morgan fingerprint density at radius 3 is 2.58 bits per heavy atom. The van der Waals surface area contributed by atoms with E-state index in [-0.39, 0.29) is 12.5 Å². The van der Waals surface area contributed by atoms with Gasteiger partial charge in [-0.25, -0.2) is 0 Å². The fourth-order valence-electron chi connectivity index (χ4n) is 1.51. The maximum Gasteiger partial charge on any atom is 0.309 e. The van der Waals surface area contributed by atoms with Crippen molar-refractivity contribution >= 4 is 5.97 Å². The molecule has 0 aromatic heterocycles. The van der Waals surface area contributed by atoms with Gasteiger partial charge in [0.1, 0.15) is 0 Å². The Hall–Kier alpha value is -0.570. The maximum atomic E-state index is 10.3. The molecule has 0 fully saturated rings. The van der Waals surface area contributed by atoms with E-state index in [1.165, 1.54) is 12.8 Å². The molecule has 72 valence electrons. The minimum absolute atomic E-state index is 0.0732. The molecule has 0 heterocycles. The molecule has 0 unspecified atom stereocenters. The summed E-state index contributed by atoms with van der Waals surface area (Å²) in [7, 11) is 0. The van der Waals surface area contributed by atoms with E-state index in [2.05, 4.69) is 19.6 Å². The van der Waals surface area contributed by atoms with Gasteiger partial charge < -0.3 is 10.8 Å². The number of hydrogen-bond donors (Lipinski definition) is 2. The summed E-state index contributed by atoms with van der Waals surface area (Å²) in [5, 5.41) is 8.49. The minimum atomic E-state index is -0.737. The zero-order chi connectivity index (χ0) is 9.56. The molecule has 0 aliphatic heterocycles. The minimum Gasteiger partial charge on any atom is -0.481 e. The SMILES string of the molecule is CCC[C@@H](C)C[C@H]([NH3+])CC(=O)O. The molecule has 0 radical (unpaired) electrons. The van der Waals surface area contributed by atoms with Crippen LogP contribution in [0.3, 0.4) is 0 Å². The van der Waals surface area contributed by atoms with Gasteiger partial charge in [-0.15, -0.1) is 0 Å². The van der Waals surface area contributed by atoms with E-state index in [4.69, 9.17) is 5.11 Å². The smallest absolute Gasteiger partial charge is 0.309 e. The monoisotopic (exact) mass is 174 g/mol. The van der Waals surface area contributed by atoms with Crippen LogP contribution < -0.4 is 5.73 Å². The highest BCUT2D eigenvalue weighted by Gasteiger charge is 2.14. The van der Waals surface area contributed by atoms with Crippen LogP contribution in [0.4, 0.5) is 0 Å². The second kappa shape index (κ2) is 6.00. The molecule has 0 bridgehead atoms. The van der Waals surface area contributed by atoms with Gasteiger partial charge in [-0.05, 0) is 5.92 Å². The molecule has 3 heteroatoms. The highest BCUT2D eigenvalue weighted by Crippen LogP contribution is 2.11. The van der Waals surface area contributed by atoms with E-state index in [0.29, 0.717) is 5.92 Å². The number of carboxylic acid groups (broad SMARTS) is 1. The van der Waals surface area contributed by atoms with Crippen LogP contribution in [0.2, 0.25) is 0 Å². The van der Waals surface area contributed by atoms with E-state index in [0.717, 1.165) is 6.42 Å². The largest absolute Gasteiger partial charge is 0.481 e. The van der Waals surface area contributed by atoms with E-state index < -0.39 is 5.97 Å². The molecule has 0 spiro atoms.